The number of rotatable bonds is 4. The van der Waals surface area contributed by atoms with Crippen molar-refractivity contribution in [3.63, 3.8) is 0 Å². The minimum atomic E-state index is -3.75. The second-order valence-corrected chi connectivity index (χ2v) is 18.5. The Morgan fingerprint density at radius 3 is 1.82 bits per heavy atom. The van der Waals surface area contributed by atoms with E-state index in [0.29, 0.717) is 45.8 Å². The fourth-order valence-electron chi connectivity index (χ4n) is 8.80. The van der Waals surface area contributed by atoms with Gasteiger partial charge < -0.3 is 20.4 Å². The first-order chi connectivity index (χ1) is 24.4. The third kappa shape index (κ3) is 6.69. The van der Waals surface area contributed by atoms with E-state index in [1.807, 2.05) is 24.3 Å². The molecule has 2 fully saturated rings. The number of sulfone groups is 2. The lowest BCUT2D eigenvalue weighted by atomic mass is 9.88. The minimum absolute atomic E-state index is 0.00475. The molecule has 2 saturated heterocycles. The maximum atomic E-state index is 13.6. The molecule has 51 heavy (non-hydrogen) atoms. The lowest BCUT2D eigenvalue weighted by molar-refractivity contribution is 0.466. The molecular weight excluding hydrogens is 684 g/mol. The van der Waals surface area contributed by atoms with Crippen molar-refractivity contribution in [3.8, 4) is 0 Å². The molecule has 2 N–H and O–H groups in total. The average Bonchev–Trinajstić information content (AvgIpc) is 3.31. The number of fused-ring (bicyclic) bond motifs is 6. The fourth-order valence-corrected chi connectivity index (χ4v) is 11.4. The zero-order valence-corrected chi connectivity index (χ0v) is 31.2. The SMILES string of the molecule is CC1C[C@@H]2c3cc(S(=O)(=O)c4cccc(F)c4)ccc3N(C)[C@H]2CC(C)N1.CN1c2ccc(S(=O)(=O)c3ccccc3)cc2[C@H]2CCNCC[C@@H]21. The van der Waals surface area contributed by atoms with Crippen LogP contribution in [0.25, 0.3) is 0 Å². The Morgan fingerprint density at radius 2 is 1.16 bits per heavy atom. The molecule has 4 aliphatic heterocycles. The van der Waals surface area contributed by atoms with Crippen molar-refractivity contribution in [1.29, 1.82) is 0 Å². The summed E-state index contributed by atoms with van der Waals surface area (Å²) in [6, 6.07) is 26.5. The number of anilines is 2. The van der Waals surface area contributed by atoms with E-state index in [2.05, 4.69) is 48.4 Å². The van der Waals surface area contributed by atoms with Crippen molar-refractivity contribution in [2.45, 2.75) is 95.1 Å². The van der Waals surface area contributed by atoms with Crippen molar-refractivity contribution in [2.24, 2.45) is 0 Å². The summed E-state index contributed by atoms with van der Waals surface area (Å²) in [5, 5.41) is 7.06. The van der Waals surface area contributed by atoms with E-state index in [1.54, 1.807) is 42.5 Å². The van der Waals surface area contributed by atoms with E-state index < -0.39 is 25.5 Å². The van der Waals surface area contributed by atoms with E-state index in [9.17, 15) is 21.2 Å². The van der Waals surface area contributed by atoms with Crippen LogP contribution in [0, 0.1) is 5.82 Å². The zero-order valence-electron chi connectivity index (χ0n) is 29.6. The van der Waals surface area contributed by atoms with Crippen LogP contribution in [0.2, 0.25) is 0 Å². The van der Waals surface area contributed by atoms with Gasteiger partial charge in [0.1, 0.15) is 5.82 Å². The highest BCUT2D eigenvalue weighted by Gasteiger charge is 2.41. The Bertz CT molecular complexity index is 2130. The van der Waals surface area contributed by atoms with E-state index in [-0.39, 0.29) is 9.79 Å². The molecule has 2 unspecified atom stereocenters. The van der Waals surface area contributed by atoms with Crippen molar-refractivity contribution in [3.05, 3.63) is 108 Å². The molecule has 4 aromatic carbocycles. The number of nitrogens with one attached hydrogen (secondary N) is 2. The molecule has 270 valence electrons. The van der Waals surface area contributed by atoms with Gasteiger partial charge in [-0.2, -0.15) is 0 Å². The van der Waals surface area contributed by atoms with Gasteiger partial charge in [0, 0.05) is 61.5 Å². The highest BCUT2D eigenvalue weighted by atomic mass is 32.2. The Labute approximate surface area is 301 Å². The summed E-state index contributed by atoms with van der Waals surface area (Å²) in [5.74, 6) is 0.153. The van der Waals surface area contributed by atoms with Crippen molar-refractivity contribution >= 4 is 31.0 Å². The van der Waals surface area contributed by atoms with Crippen LogP contribution in [0.1, 0.15) is 62.5 Å². The zero-order chi connectivity index (χ0) is 36.1. The summed E-state index contributed by atoms with van der Waals surface area (Å²) in [6.45, 7) is 6.40. The van der Waals surface area contributed by atoms with Gasteiger partial charge in [0.05, 0.1) is 19.6 Å². The topological polar surface area (TPSA) is 98.8 Å². The predicted octanol–water partition coefficient (Wildman–Crippen LogP) is 6.53. The van der Waals surface area contributed by atoms with Crippen LogP contribution < -0.4 is 20.4 Å². The molecule has 0 amide bonds. The molecule has 0 bridgehead atoms. The molecule has 6 atom stereocenters. The van der Waals surface area contributed by atoms with Gasteiger partial charge in [-0.1, -0.05) is 24.3 Å². The molecule has 0 saturated carbocycles. The highest BCUT2D eigenvalue weighted by molar-refractivity contribution is 7.91. The van der Waals surface area contributed by atoms with Crippen LogP contribution in [0.3, 0.4) is 0 Å². The average molecular weight is 731 g/mol. The lowest BCUT2D eigenvalue weighted by Crippen LogP contribution is -2.36. The molecule has 0 aromatic heterocycles. The Balaban J connectivity index is 0.000000160. The largest absolute Gasteiger partial charge is 0.371 e. The quantitative estimate of drug-likeness (QED) is 0.245. The van der Waals surface area contributed by atoms with Gasteiger partial charge in [0.2, 0.25) is 19.7 Å². The summed E-state index contributed by atoms with van der Waals surface area (Å²) >= 11 is 0. The van der Waals surface area contributed by atoms with E-state index >= 15 is 0 Å². The smallest absolute Gasteiger partial charge is 0.206 e. The van der Waals surface area contributed by atoms with Gasteiger partial charge in [-0.3, -0.25) is 0 Å². The van der Waals surface area contributed by atoms with Crippen LogP contribution in [0.5, 0.6) is 0 Å². The molecule has 4 heterocycles. The number of benzene rings is 4. The maximum Gasteiger partial charge on any atom is 0.206 e. The highest BCUT2D eigenvalue weighted by Crippen LogP contribution is 2.47. The standard InChI is InChI=1S/C21H25FN2O2S.C19H22N2O2S/c1-13-9-18-19-12-17(27(25,26)16-6-4-5-15(22)11-16)7-8-20(19)24(3)21(18)10-14(2)23-13;1-21-18-8-7-15(24(22,23)14-5-3-2-4-6-14)13-17(18)16-9-11-20-12-10-19(16)21/h4-8,11-14,18,21,23H,9-10H2,1-3H3;2-8,13,16,19-20H,9-12H2,1H3/t13?,14?,18-,21+;16-,19+/m11/s1. The molecular formula is C40H47FN4O4S2. The van der Waals surface area contributed by atoms with Gasteiger partial charge in [-0.05, 0) is 130 Å². The molecule has 4 aromatic rings. The van der Waals surface area contributed by atoms with Crippen LogP contribution in [0.4, 0.5) is 15.8 Å². The first-order valence-corrected chi connectivity index (χ1v) is 20.8. The molecule has 8 rings (SSSR count). The third-order valence-corrected chi connectivity index (χ3v) is 14.8. The minimum Gasteiger partial charge on any atom is -0.371 e. The van der Waals surface area contributed by atoms with Crippen LogP contribution >= 0.6 is 0 Å². The number of nitrogens with zero attached hydrogens (tertiary/aromatic N) is 2. The van der Waals surface area contributed by atoms with Gasteiger partial charge in [0.15, 0.2) is 0 Å². The summed E-state index contributed by atoms with van der Waals surface area (Å²) in [5.41, 5.74) is 4.55. The van der Waals surface area contributed by atoms with Crippen LogP contribution in [-0.2, 0) is 19.7 Å². The number of likely N-dealkylation sites (N-methyl/N-ethyl adjacent to an activating group) is 2. The van der Waals surface area contributed by atoms with Crippen molar-refractivity contribution in [2.75, 3.05) is 37.0 Å². The lowest BCUT2D eigenvalue weighted by Gasteiger charge is -2.26. The Morgan fingerprint density at radius 1 is 0.608 bits per heavy atom. The molecule has 11 heteroatoms. The van der Waals surface area contributed by atoms with E-state index in [0.717, 1.165) is 56.1 Å². The van der Waals surface area contributed by atoms with Crippen LogP contribution in [0.15, 0.2) is 111 Å². The number of hydrogen-bond donors (Lipinski definition) is 2. The Hall–Kier alpha value is -3.77. The maximum absolute atomic E-state index is 13.6. The summed E-state index contributed by atoms with van der Waals surface area (Å²) in [7, 11) is -2.99. The molecule has 0 spiro atoms. The molecule has 0 radical (unpaired) electrons. The molecule has 4 aliphatic rings. The van der Waals surface area contributed by atoms with E-state index in [1.165, 1.54) is 29.4 Å². The summed E-state index contributed by atoms with van der Waals surface area (Å²) < 4.78 is 65.4. The first-order valence-electron chi connectivity index (χ1n) is 17.9. The van der Waals surface area contributed by atoms with Crippen molar-refractivity contribution in [1.82, 2.24) is 10.6 Å². The Kier molecular flexibility index (Phi) is 9.77. The first kappa shape index (κ1) is 35.6. The van der Waals surface area contributed by atoms with E-state index in [4.69, 9.17) is 0 Å². The monoisotopic (exact) mass is 730 g/mol. The van der Waals surface area contributed by atoms with Gasteiger partial charge in [-0.25, -0.2) is 21.2 Å². The second-order valence-electron chi connectivity index (χ2n) is 14.6. The third-order valence-electron chi connectivity index (χ3n) is 11.3. The summed E-state index contributed by atoms with van der Waals surface area (Å²) in [6.07, 6.45) is 4.13. The fraction of sp³-hybridized carbons (Fsp3) is 0.400. The van der Waals surface area contributed by atoms with Gasteiger partial charge >= 0.3 is 0 Å². The normalized spacial score (nSPS) is 25.7. The summed E-state index contributed by atoms with van der Waals surface area (Å²) in [4.78, 5) is 5.60. The number of hydrogen-bond acceptors (Lipinski definition) is 8. The molecule has 0 aliphatic carbocycles. The van der Waals surface area contributed by atoms with Gasteiger partial charge in [-0.15, -0.1) is 0 Å². The number of halogens is 1. The molecule has 8 nitrogen and oxygen atoms in total. The van der Waals surface area contributed by atoms with Gasteiger partial charge in [0.25, 0.3) is 0 Å². The van der Waals surface area contributed by atoms with Crippen LogP contribution in [-0.4, -0.2) is 68.2 Å². The predicted molar refractivity (Wildman–Crippen MR) is 200 cm³/mol. The van der Waals surface area contributed by atoms with Crippen molar-refractivity contribution < 1.29 is 21.2 Å². The second kappa shape index (κ2) is 14.0.